The lowest BCUT2D eigenvalue weighted by molar-refractivity contribution is -0.136. The van der Waals surface area contributed by atoms with Crippen LogP contribution in [-0.2, 0) is 17.6 Å². The van der Waals surface area contributed by atoms with Gasteiger partial charge in [0.25, 0.3) is 0 Å². The van der Waals surface area contributed by atoms with Crippen molar-refractivity contribution < 1.29 is 4.79 Å². The van der Waals surface area contributed by atoms with Gasteiger partial charge in [-0.25, -0.2) is 4.98 Å². The second-order valence-electron chi connectivity index (χ2n) is 6.43. The van der Waals surface area contributed by atoms with Gasteiger partial charge in [-0.1, -0.05) is 6.07 Å². The lowest BCUT2D eigenvalue weighted by Gasteiger charge is -2.31. The van der Waals surface area contributed by atoms with Crippen molar-refractivity contribution >= 4 is 17.2 Å². The van der Waals surface area contributed by atoms with Gasteiger partial charge in [-0.3, -0.25) is 9.78 Å². The summed E-state index contributed by atoms with van der Waals surface area (Å²) in [6, 6.07) is 5.91. The van der Waals surface area contributed by atoms with E-state index >= 15 is 0 Å². The zero-order chi connectivity index (χ0) is 15.6. The first kappa shape index (κ1) is 14.8. The molecule has 0 saturated carbocycles. The van der Waals surface area contributed by atoms with Gasteiger partial charge in [-0.15, -0.1) is 11.3 Å². The molecule has 3 heterocycles. The number of likely N-dealkylation sites (tertiary alicyclic amines) is 1. The number of aryl methyl sites for hydroxylation is 1. The molecule has 4 nitrogen and oxygen atoms in total. The molecule has 1 amide bonds. The summed E-state index contributed by atoms with van der Waals surface area (Å²) in [5.74, 6) is 0.515. The molecule has 1 fully saturated rings. The summed E-state index contributed by atoms with van der Waals surface area (Å²) in [6.45, 7) is 1.90. The van der Waals surface area contributed by atoms with Gasteiger partial charge >= 0.3 is 0 Å². The van der Waals surface area contributed by atoms with E-state index in [4.69, 9.17) is 4.98 Å². The Morgan fingerprint density at radius 1 is 1.22 bits per heavy atom. The van der Waals surface area contributed by atoms with E-state index in [0.29, 0.717) is 5.91 Å². The molecule has 0 radical (unpaired) electrons. The number of carbonyl (C=O) groups is 1. The minimum absolute atomic E-state index is 0.151. The molecule has 0 spiro atoms. The number of amides is 1. The summed E-state index contributed by atoms with van der Waals surface area (Å²) in [5, 5.41) is 0.988. The molecule has 2 aromatic heterocycles. The fourth-order valence-corrected chi connectivity index (χ4v) is 4.72. The van der Waals surface area contributed by atoms with Crippen LogP contribution in [0.1, 0.15) is 36.3 Å². The minimum Gasteiger partial charge on any atom is -0.342 e. The monoisotopic (exact) mass is 327 g/mol. The number of fused-ring (bicyclic) bond motifs is 1. The van der Waals surface area contributed by atoms with Gasteiger partial charge in [0.05, 0.1) is 11.4 Å². The quantitative estimate of drug-likeness (QED) is 0.850. The molecule has 1 unspecified atom stereocenters. The maximum atomic E-state index is 12.7. The first-order valence-corrected chi connectivity index (χ1v) is 9.31. The van der Waals surface area contributed by atoms with Crippen LogP contribution >= 0.6 is 11.3 Å². The number of thiazole rings is 1. The third-order valence-corrected chi connectivity index (χ3v) is 5.98. The van der Waals surface area contributed by atoms with Crippen LogP contribution in [0.25, 0.3) is 10.7 Å². The van der Waals surface area contributed by atoms with Crippen molar-refractivity contribution in [3.63, 3.8) is 0 Å². The van der Waals surface area contributed by atoms with Gasteiger partial charge in [0.2, 0.25) is 5.91 Å². The summed E-state index contributed by atoms with van der Waals surface area (Å²) in [7, 11) is 0. The number of hydrogen-bond donors (Lipinski definition) is 0. The Kier molecular flexibility index (Phi) is 4.12. The van der Waals surface area contributed by atoms with Crippen LogP contribution in [0.3, 0.4) is 0 Å². The highest BCUT2D eigenvalue weighted by molar-refractivity contribution is 7.15. The van der Waals surface area contributed by atoms with E-state index in [-0.39, 0.29) is 5.92 Å². The molecular weight excluding hydrogens is 306 g/mol. The molecule has 5 heteroatoms. The van der Waals surface area contributed by atoms with Crippen molar-refractivity contribution in [1.29, 1.82) is 0 Å². The predicted molar refractivity (Wildman–Crippen MR) is 91.3 cm³/mol. The fraction of sp³-hybridized carbons (Fsp3) is 0.500. The predicted octanol–water partition coefficient (Wildman–Crippen LogP) is 3.32. The Bertz CT molecular complexity index is 692. The molecule has 0 aromatic carbocycles. The maximum Gasteiger partial charge on any atom is 0.226 e. The maximum absolute atomic E-state index is 12.7. The largest absolute Gasteiger partial charge is 0.342 e. The second kappa shape index (κ2) is 6.40. The van der Waals surface area contributed by atoms with E-state index in [1.807, 2.05) is 18.2 Å². The lowest BCUT2D eigenvalue weighted by atomic mass is 9.89. The molecule has 0 N–H and O–H groups in total. The summed E-state index contributed by atoms with van der Waals surface area (Å²) in [4.78, 5) is 25.3. The van der Waals surface area contributed by atoms with E-state index in [9.17, 15) is 4.79 Å². The molecular formula is C18H21N3OS. The number of carbonyl (C=O) groups excluding carboxylic acids is 1. The highest BCUT2D eigenvalue weighted by Gasteiger charge is 2.31. The molecule has 4 rings (SSSR count). The number of nitrogens with zero attached hydrogens (tertiary/aromatic N) is 3. The van der Waals surface area contributed by atoms with Gasteiger partial charge < -0.3 is 4.90 Å². The number of piperidine rings is 1. The Labute approximate surface area is 140 Å². The summed E-state index contributed by atoms with van der Waals surface area (Å²) in [5.41, 5.74) is 2.11. The highest BCUT2D eigenvalue weighted by Crippen LogP contribution is 2.34. The number of hydrogen-bond acceptors (Lipinski definition) is 4. The summed E-state index contributed by atoms with van der Waals surface area (Å²) >= 11 is 1.71. The van der Waals surface area contributed by atoms with Gasteiger partial charge in [-0.05, 0) is 50.7 Å². The van der Waals surface area contributed by atoms with E-state index < -0.39 is 0 Å². The molecule has 1 saturated heterocycles. The fourth-order valence-electron chi connectivity index (χ4n) is 3.56. The van der Waals surface area contributed by atoms with Crippen molar-refractivity contribution in [2.75, 3.05) is 13.1 Å². The van der Waals surface area contributed by atoms with E-state index in [1.165, 1.54) is 17.0 Å². The van der Waals surface area contributed by atoms with Crippen LogP contribution in [0.4, 0.5) is 0 Å². The molecule has 0 bridgehead atoms. The van der Waals surface area contributed by atoms with Crippen LogP contribution in [0.2, 0.25) is 0 Å². The Morgan fingerprint density at radius 3 is 2.87 bits per heavy atom. The van der Waals surface area contributed by atoms with Crippen molar-refractivity contribution in [2.45, 2.75) is 38.5 Å². The lowest BCUT2D eigenvalue weighted by Crippen LogP contribution is -2.41. The van der Waals surface area contributed by atoms with Crippen LogP contribution < -0.4 is 0 Å². The van der Waals surface area contributed by atoms with Crippen molar-refractivity contribution in [1.82, 2.24) is 14.9 Å². The van der Waals surface area contributed by atoms with Crippen LogP contribution in [0, 0.1) is 5.92 Å². The molecule has 120 valence electrons. The van der Waals surface area contributed by atoms with Gasteiger partial charge in [0.15, 0.2) is 0 Å². The zero-order valence-electron chi connectivity index (χ0n) is 13.2. The molecule has 2 aliphatic rings. The smallest absolute Gasteiger partial charge is 0.226 e. The van der Waals surface area contributed by atoms with Crippen molar-refractivity contribution in [3.05, 3.63) is 35.0 Å². The summed E-state index contributed by atoms with van der Waals surface area (Å²) in [6.07, 6.45) is 8.10. The van der Waals surface area contributed by atoms with Gasteiger partial charge in [-0.2, -0.15) is 0 Å². The average molecular weight is 327 g/mol. The highest BCUT2D eigenvalue weighted by atomic mass is 32.1. The molecule has 1 aliphatic carbocycles. The number of rotatable bonds is 2. The number of pyridine rings is 1. The van der Waals surface area contributed by atoms with Crippen LogP contribution in [-0.4, -0.2) is 33.9 Å². The van der Waals surface area contributed by atoms with E-state index in [2.05, 4.69) is 9.88 Å². The summed E-state index contributed by atoms with van der Waals surface area (Å²) < 4.78 is 0. The van der Waals surface area contributed by atoms with Gasteiger partial charge in [0, 0.05) is 30.1 Å². The first-order valence-electron chi connectivity index (χ1n) is 8.50. The van der Waals surface area contributed by atoms with E-state index in [1.54, 1.807) is 17.5 Å². The average Bonchev–Trinajstić information content (AvgIpc) is 3.06. The van der Waals surface area contributed by atoms with Crippen molar-refractivity contribution in [2.24, 2.45) is 5.92 Å². The topological polar surface area (TPSA) is 46.1 Å². The van der Waals surface area contributed by atoms with Crippen LogP contribution in [0.15, 0.2) is 24.4 Å². The molecule has 1 atom stereocenters. The normalized spacial score (nSPS) is 21.0. The third kappa shape index (κ3) is 3.02. The minimum atomic E-state index is 0.151. The first-order chi connectivity index (χ1) is 11.3. The van der Waals surface area contributed by atoms with Crippen molar-refractivity contribution in [3.8, 4) is 10.7 Å². The van der Waals surface area contributed by atoms with Crippen LogP contribution in [0.5, 0.6) is 0 Å². The standard InChI is InChI=1S/C18H21N3OS/c22-18(21-10-4-1-5-11-21)13-7-8-14-16(12-13)23-17(20-14)15-6-2-3-9-19-15/h2-3,6,9,13H,1,4-5,7-8,10-12H2. The molecule has 1 aliphatic heterocycles. The Morgan fingerprint density at radius 2 is 2.09 bits per heavy atom. The molecule has 2 aromatic rings. The SMILES string of the molecule is O=C(C1CCc2nc(-c3ccccn3)sc2C1)N1CCCCC1. The zero-order valence-corrected chi connectivity index (χ0v) is 14.0. The number of aromatic nitrogens is 2. The Hall–Kier alpha value is -1.75. The Balaban J connectivity index is 1.51. The van der Waals surface area contributed by atoms with Gasteiger partial charge in [0.1, 0.15) is 5.01 Å². The van der Waals surface area contributed by atoms with E-state index in [0.717, 1.165) is 55.9 Å². The third-order valence-electron chi connectivity index (χ3n) is 4.84. The second-order valence-corrected chi connectivity index (χ2v) is 7.51. The molecule has 23 heavy (non-hydrogen) atoms.